The molecule has 2 atom stereocenters. The number of rotatable bonds is 2. The number of aliphatic hydroxyl groups excluding tert-OH is 1. The molecule has 0 radical (unpaired) electrons. The van der Waals surface area contributed by atoms with Crippen molar-refractivity contribution in [2.24, 2.45) is 0 Å². The van der Waals surface area contributed by atoms with Crippen LogP contribution < -0.4 is 10.2 Å². The highest BCUT2D eigenvalue weighted by molar-refractivity contribution is 5.94. The third-order valence-electron chi connectivity index (χ3n) is 5.54. The first-order chi connectivity index (χ1) is 11.2. The molecule has 1 aromatic rings. The van der Waals surface area contributed by atoms with Crippen LogP contribution in [0.3, 0.4) is 0 Å². The lowest BCUT2D eigenvalue weighted by atomic mass is 10.0. The highest BCUT2D eigenvalue weighted by atomic mass is 16.3. The van der Waals surface area contributed by atoms with E-state index in [1.54, 1.807) is 0 Å². The third kappa shape index (κ3) is 2.78. The van der Waals surface area contributed by atoms with Gasteiger partial charge >= 0.3 is 6.03 Å². The number of piperidine rings is 1. The van der Waals surface area contributed by atoms with Crippen LogP contribution in [0.1, 0.15) is 38.5 Å². The molecule has 3 aliphatic rings. The Labute approximate surface area is 137 Å². The predicted octanol–water partition coefficient (Wildman–Crippen LogP) is 2.81. The van der Waals surface area contributed by atoms with E-state index in [2.05, 4.69) is 16.3 Å². The zero-order valence-corrected chi connectivity index (χ0v) is 13.4. The molecule has 3 aliphatic heterocycles. The van der Waals surface area contributed by atoms with Crippen molar-refractivity contribution in [1.82, 2.24) is 4.90 Å². The first-order valence-corrected chi connectivity index (χ1v) is 8.84. The SMILES string of the molecule is O=C(Nc1ccccc1N1CCCC1)N1C2CCC1CC(O)C2. The molecule has 5 heteroatoms. The third-order valence-corrected chi connectivity index (χ3v) is 5.54. The minimum Gasteiger partial charge on any atom is -0.393 e. The molecule has 0 aliphatic carbocycles. The van der Waals surface area contributed by atoms with Gasteiger partial charge in [-0.3, -0.25) is 0 Å². The van der Waals surface area contributed by atoms with Gasteiger partial charge in [0, 0.05) is 25.2 Å². The number of carbonyl (C=O) groups is 1. The van der Waals surface area contributed by atoms with Gasteiger partial charge < -0.3 is 20.2 Å². The molecule has 3 fully saturated rings. The summed E-state index contributed by atoms with van der Waals surface area (Å²) >= 11 is 0. The normalized spacial score (nSPS) is 29.9. The Bertz CT molecular complexity index is 571. The molecule has 1 aromatic carbocycles. The summed E-state index contributed by atoms with van der Waals surface area (Å²) in [5, 5.41) is 13.0. The van der Waals surface area contributed by atoms with Crippen molar-refractivity contribution < 1.29 is 9.90 Å². The van der Waals surface area contributed by atoms with Gasteiger partial charge in [0.2, 0.25) is 0 Å². The Hall–Kier alpha value is -1.75. The molecule has 2 N–H and O–H groups in total. The lowest BCUT2D eigenvalue weighted by molar-refractivity contribution is 0.0580. The van der Waals surface area contributed by atoms with Crippen LogP contribution in [-0.2, 0) is 0 Å². The van der Waals surface area contributed by atoms with Gasteiger partial charge in [-0.25, -0.2) is 4.79 Å². The average Bonchev–Trinajstić information content (AvgIpc) is 3.15. The summed E-state index contributed by atoms with van der Waals surface area (Å²) in [6.45, 7) is 2.13. The number of para-hydroxylation sites is 2. The molecule has 23 heavy (non-hydrogen) atoms. The van der Waals surface area contributed by atoms with Crippen LogP contribution in [0, 0.1) is 0 Å². The molecule has 0 aromatic heterocycles. The maximum Gasteiger partial charge on any atom is 0.322 e. The minimum absolute atomic E-state index is 0.00366. The molecule has 2 bridgehead atoms. The van der Waals surface area contributed by atoms with Gasteiger partial charge in [0.15, 0.2) is 0 Å². The fourth-order valence-electron chi connectivity index (χ4n) is 4.47. The lowest BCUT2D eigenvalue weighted by Crippen LogP contribution is -2.49. The Kier molecular flexibility index (Phi) is 3.89. The Morgan fingerprint density at radius 1 is 1.09 bits per heavy atom. The summed E-state index contributed by atoms with van der Waals surface area (Å²) in [4.78, 5) is 17.1. The van der Waals surface area contributed by atoms with Crippen LogP contribution >= 0.6 is 0 Å². The molecule has 124 valence electrons. The molecule has 3 saturated heterocycles. The fourth-order valence-corrected chi connectivity index (χ4v) is 4.47. The van der Waals surface area contributed by atoms with Crippen molar-refractivity contribution in [1.29, 1.82) is 0 Å². The second-order valence-corrected chi connectivity index (χ2v) is 7.06. The summed E-state index contributed by atoms with van der Waals surface area (Å²) in [7, 11) is 0. The van der Waals surface area contributed by atoms with Crippen molar-refractivity contribution in [2.45, 2.75) is 56.7 Å². The molecule has 0 spiro atoms. The largest absolute Gasteiger partial charge is 0.393 e. The molecule has 0 saturated carbocycles. The number of anilines is 2. The minimum atomic E-state index is -0.242. The first-order valence-electron chi connectivity index (χ1n) is 8.84. The van der Waals surface area contributed by atoms with Crippen molar-refractivity contribution in [3.8, 4) is 0 Å². The summed E-state index contributed by atoms with van der Waals surface area (Å²) in [6.07, 6.45) is 5.67. The van der Waals surface area contributed by atoms with E-state index in [-0.39, 0.29) is 24.2 Å². The number of fused-ring (bicyclic) bond motifs is 2. The topological polar surface area (TPSA) is 55.8 Å². The van der Waals surface area contributed by atoms with E-state index in [1.165, 1.54) is 12.8 Å². The van der Waals surface area contributed by atoms with E-state index in [4.69, 9.17) is 0 Å². The Balaban J connectivity index is 1.51. The molecular weight excluding hydrogens is 290 g/mol. The number of hydrogen-bond donors (Lipinski definition) is 2. The Morgan fingerprint density at radius 3 is 2.43 bits per heavy atom. The molecule has 4 rings (SSSR count). The van der Waals surface area contributed by atoms with Crippen LogP contribution in [0.15, 0.2) is 24.3 Å². The molecular formula is C18H25N3O2. The monoisotopic (exact) mass is 315 g/mol. The number of aliphatic hydroxyl groups is 1. The summed E-state index contributed by atoms with van der Waals surface area (Å²) in [5.74, 6) is 0. The summed E-state index contributed by atoms with van der Waals surface area (Å²) < 4.78 is 0. The maximum atomic E-state index is 12.8. The molecule has 5 nitrogen and oxygen atoms in total. The van der Waals surface area contributed by atoms with Gasteiger partial charge in [-0.15, -0.1) is 0 Å². The van der Waals surface area contributed by atoms with Gasteiger partial charge in [0.25, 0.3) is 0 Å². The van der Waals surface area contributed by atoms with E-state index >= 15 is 0 Å². The lowest BCUT2D eigenvalue weighted by Gasteiger charge is -2.37. The van der Waals surface area contributed by atoms with Crippen LogP contribution in [0.4, 0.5) is 16.2 Å². The summed E-state index contributed by atoms with van der Waals surface area (Å²) in [6, 6.07) is 8.48. The molecule has 2 amide bonds. The number of amides is 2. The van der Waals surface area contributed by atoms with Crippen LogP contribution in [-0.4, -0.2) is 47.3 Å². The van der Waals surface area contributed by atoms with Crippen molar-refractivity contribution in [3.05, 3.63) is 24.3 Å². The second-order valence-electron chi connectivity index (χ2n) is 7.06. The first kappa shape index (κ1) is 14.8. The number of hydrogen-bond acceptors (Lipinski definition) is 3. The number of nitrogens with zero attached hydrogens (tertiary/aromatic N) is 2. The summed E-state index contributed by atoms with van der Waals surface area (Å²) in [5.41, 5.74) is 2.03. The fraction of sp³-hybridized carbons (Fsp3) is 0.611. The number of benzene rings is 1. The van der Waals surface area contributed by atoms with Crippen LogP contribution in [0.25, 0.3) is 0 Å². The van der Waals surface area contributed by atoms with Crippen molar-refractivity contribution in [3.63, 3.8) is 0 Å². The number of carbonyl (C=O) groups excluding carboxylic acids is 1. The van der Waals surface area contributed by atoms with Crippen LogP contribution in [0.2, 0.25) is 0 Å². The molecule has 3 heterocycles. The van der Waals surface area contributed by atoms with E-state index < -0.39 is 0 Å². The Morgan fingerprint density at radius 2 is 1.74 bits per heavy atom. The maximum absolute atomic E-state index is 12.8. The number of urea groups is 1. The van der Waals surface area contributed by atoms with Gasteiger partial charge in [0.05, 0.1) is 17.5 Å². The van der Waals surface area contributed by atoms with Crippen LogP contribution in [0.5, 0.6) is 0 Å². The average molecular weight is 315 g/mol. The zero-order chi connectivity index (χ0) is 15.8. The smallest absolute Gasteiger partial charge is 0.322 e. The van der Waals surface area contributed by atoms with Crippen molar-refractivity contribution >= 4 is 17.4 Å². The van der Waals surface area contributed by atoms with Gasteiger partial charge in [-0.1, -0.05) is 12.1 Å². The quantitative estimate of drug-likeness (QED) is 0.882. The highest BCUT2D eigenvalue weighted by Gasteiger charge is 2.42. The standard InChI is InChI=1S/C18H25N3O2/c22-15-11-13-7-8-14(12-15)21(13)18(23)19-16-5-1-2-6-17(16)20-9-3-4-10-20/h1-2,5-6,13-15,22H,3-4,7-12H2,(H,19,23). The van der Waals surface area contributed by atoms with Crippen molar-refractivity contribution in [2.75, 3.05) is 23.3 Å². The molecule has 2 unspecified atom stereocenters. The number of nitrogens with one attached hydrogen (secondary N) is 1. The van der Waals surface area contributed by atoms with Gasteiger partial charge in [-0.2, -0.15) is 0 Å². The predicted molar refractivity (Wildman–Crippen MR) is 90.8 cm³/mol. The van der Waals surface area contributed by atoms with E-state index in [1.807, 2.05) is 23.1 Å². The van der Waals surface area contributed by atoms with E-state index in [0.29, 0.717) is 0 Å². The highest BCUT2D eigenvalue weighted by Crippen LogP contribution is 2.37. The van der Waals surface area contributed by atoms with Gasteiger partial charge in [0.1, 0.15) is 0 Å². The van der Waals surface area contributed by atoms with E-state index in [9.17, 15) is 9.90 Å². The van der Waals surface area contributed by atoms with E-state index in [0.717, 1.165) is 50.1 Å². The zero-order valence-electron chi connectivity index (χ0n) is 13.4. The van der Waals surface area contributed by atoms with Gasteiger partial charge in [-0.05, 0) is 50.7 Å². The second kappa shape index (κ2) is 6.04.